The molecule has 0 aliphatic heterocycles. The van der Waals surface area contributed by atoms with Gasteiger partial charge in [-0.15, -0.1) is 0 Å². The van der Waals surface area contributed by atoms with Crippen molar-refractivity contribution in [3.05, 3.63) is 71.6 Å². The largest absolute Gasteiger partial charge is 0.441 e. The average molecular weight is 276 g/mol. The molecule has 2 aromatic carbocycles. The first-order valence-corrected chi connectivity index (χ1v) is 6.79. The van der Waals surface area contributed by atoms with Crippen molar-refractivity contribution in [1.82, 2.24) is 4.98 Å². The second-order valence-corrected chi connectivity index (χ2v) is 4.83. The Hall–Kier alpha value is -2.81. The molecule has 3 heteroatoms. The van der Waals surface area contributed by atoms with Crippen LogP contribution in [0.15, 0.2) is 59.0 Å². The molecule has 3 aromatic rings. The molecule has 0 bridgehead atoms. The lowest BCUT2D eigenvalue weighted by molar-refractivity contribution is 0.542. The van der Waals surface area contributed by atoms with E-state index >= 15 is 0 Å². The SMILES string of the molecule is Cc1oc(-c2ccccc2)nc1/C=C/c1cccc(N)c1. The number of aromatic nitrogens is 1. The third-order valence-electron chi connectivity index (χ3n) is 3.20. The van der Waals surface area contributed by atoms with Gasteiger partial charge >= 0.3 is 0 Å². The maximum atomic E-state index is 5.77. The summed E-state index contributed by atoms with van der Waals surface area (Å²) in [5.74, 6) is 1.44. The van der Waals surface area contributed by atoms with Crippen molar-refractivity contribution < 1.29 is 4.42 Å². The Morgan fingerprint density at radius 2 is 1.81 bits per heavy atom. The van der Waals surface area contributed by atoms with Crippen molar-refractivity contribution >= 4 is 17.8 Å². The highest BCUT2D eigenvalue weighted by Crippen LogP contribution is 2.22. The maximum Gasteiger partial charge on any atom is 0.226 e. The predicted octanol–water partition coefficient (Wildman–Crippen LogP) is 4.40. The molecule has 3 rings (SSSR count). The quantitative estimate of drug-likeness (QED) is 0.721. The summed E-state index contributed by atoms with van der Waals surface area (Å²) >= 11 is 0. The maximum absolute atomic E-state index is 5.77. The molecule has 1 aromatic heterocycles. The number of hydrogen-bond acceptors (Lipinski definition) is 3. The molecular formula is C18H16N2O. The van der Waals surface area contributed by atoms with Gasteiger partial charge in [0.05, 0.1) is 0 Å². The second kappa shape index (κ2) is 5.67. The lowest BCUT2D eigenvalue weighted by Gasteiger charge is -1.94. The summed E-state index contributed by atoms with van der Waals surface area (Å²) in [6.45, 7) is 1.92. The van der Waals surface area contributed by atoms with Crippen molar-refractivity contribution in [2.24, 2.45) is 0 Å². The summed E-state index contributed by atoms with van der Waals surface area (Å²) < 4.78 is 5.73. The Bertz CT molecular complexity index is 773. The lowest BCUT2D eigenvalue weighted by atomic mass is 10.2. The second-order valence-electron chi connectivity index (χ2n) is 4.83. The number of benzene rings is 2. The molecule has 0 atom stereocenters. The van der Waals surface area contributed by atoms with Gasteiger partial charge in [-0.3, -0.25) is 0 Å². The van der Waals surface area contributed by atoms with Gasteiger partial charge in [-0.05, 0) is 42.8 Å². The summed E-state index contributed by atoms with van der Waals surface area (Å²) in [6, 6.07) is 17.6. The fraction of sp³-hybridized carbons (Fsp3) is 0.0556. The topological polar surface area (TPSA) is 52.0 Å². The van der Waals surface area contributed by atoms with Gasteiger partial charge in [0.15, 0.2) is 0 Å². The van der Waals surface area contributed by atoms with Crippen molar-refractivity contribution in [1.29, 1.82) is 0 Å². The zero-order valence-electron chi connectivity index (χ0n) is 11.8. The van der Waals surface area contributed by atoms with Crippen LogP contribution in [0.1, 0.15) is 17.0 Å². The van der Waals surface area contributed by atoms with Crippen LogP contribution in [0.4, 0.5) is 5.69 Å². The van der Waals surface area contributed by atoms with E-state index in [2.05, 4.69) is 4.98 Å². The van der Waals surface area contributed by atoms with Crippen LogP contribution in [0.5, 0.6) is 0 Å². The third kappa shape index (κ3) is 3.03. The van der Waals surface area contributed by atoms with Gasteiger partial charge < -0.3 is 10.2 Å². The van der Waals surface area contributed by atoms with E-state index in [0.717, 1.165) is 28.3 Å². The van der Waals surface area contributed by atoms with E-state index in [9.17, 15) is 0 Å². The van der Waals surface area contributed by atoms with Gasteiger partial charge in [-0.1, -0.05) is 36.4 Å². The number of oxazole rings is 1. The van der Waals surface area contributed by atoms with Crippen LogP contribution in [0.25, 0.3) is 23.6 Å². The van der Waals surface area contributed by atoms with Gasteiger partial charge in [0.1, 0.15) is 11.5 Å². The minimum atomic E-state index is 0.639. The molecule has 0 saturated heterocycles. The number of hydrogen-bond donors (Lipinski definition) is 1. The summed E-state index contributed by atoms with van der Waals surface area (Å²) in [5.41, 5.74) is 9.37. The molecule has 0 fully saturated rings. The van der Waals surface area contributed by atoms with E-state index in [4.69, 9.17) is 10.2 Å². The third-order valence-corrected chi connectivity index (χ3v) is 3.20. The number of anilines is 1. The molecular weight excluding hydrogens is 260 g/mol. The summed E-state index contributed by atoms with van der Waals surface area (Å²) in [5, 5.41) is 0. The Labute approximate surface area is 123 Å². The Kier molecular flexibility index (Phi) is 3.56. The van der Waals surface area contributed by atoms with Crippen molar-refractivity contribution in [3.63, 3.8) is 0 Å². The van der Waals surface area contributed by atoms with Crippen molar-refractivity contribution in [2.45, 2.75) is 6.92 Å². The molecule has 21 heavy (non-hydrogen) atoms. The van der Waals surface area contributed by atoms with Crippen LogP contribution in [0.2, 0.25) is 0 Å². The van der Waals surface area contributed by atoms with Gasteiger partial charge in [0.2, 0.25) is 5.89 Å². The molecule has 0 radical (unpaired) electrons. The highest BCUT2D eigenvalue weighted by atomic mass is 16.4. The fourth-order valence-electron chi connectivity index (χ4n) is 2.10. The van der Waals surface area contributed by atoms with Gasteiger partial charge in [-0.25, -0.2) is 4.98 Å². The first-order valence-electron chi connectivity index (χ1n) is 6.79. The number of rotatable bonds is 3. The number of aryl methyl sites for hydroxylation is 1. The van der Waals surface area contributed by atoms with E-state index in [1.165, 1.54) is 0 Å². The first kappa shape index (κ1) is 13.2. The summed E-state index contributed by atoms with van der Waals surface area (Å²) in [6.07, 6.45) is 3.93. The van der Waals surface area contributed by atoms with Crippen LogP contribution in [-0.2, 0) is 0 Å². The molecule has 0 saturated carbocycles. The summed E-state index contributed by atoms with van der Waals surface area (Å²) in [4.78, 5) is 4.53. The summed E-state index contributed by atoms with van der Waals surface area (Å²) in [7, 11) is 0. The van der Waals surface area contributed by atoms with Crippen molar-refractivity contribution in [3.8, 4) is 11.5 Å². The van der Waals surface area contributed by atoms with E-state index in [1.54, 1.807) is 0 Å². The van der Waals surface area contributed by atoms with Gasteiger partial charge in [0.25, 0.3) is 0 Å². The molecule has 1 heterocycles. The lowest BCUT2D eigenvalue weighted by Crippen LogP contribution is -1.83. The molecule has 0 spiro atoms. The standard InChI is InChI=1S/C18H16N2O/c1-13-17(11-10-14-6-5-9-16(19)12-14)20-18(21-13)15-7-3-2-4-8-15/h2-12H,19H2,1H3/b11-10+. The molecule has 104 valence electrons. The fourth-order valence-corrected chi connectivity index (χ4v) is 2.10. The van der Waals surface area contributed by atoms with E-state index in [1.807, 2.05) is 73.7 Å². The zero-order chi connectivity index (χ0) is 14.7. The van der Waals surface area contributed by atoms with E-state index in [0.29, 0.717) is 5.89 Å². The molecule has 2 N–H and O–H groups in total. The average Bonchev–Trinajstić information content (AvgIpc) is 2.87. The van der Waals surface area contributed by atoms with Gasteiger partial charge in [-0.2, -0.15) is 0 Å². The van der Waals surface area contributed by atoms with E-state index in [-0.39, 0.29) is 0 Å². The molecule has 0 amide bonds. The monoisotopic (exact) mass is 276 g/mol. The molecule has 0 aliphatic rings. The van der Waals surface area contributed by atoms with Crippen LogP contribution in [-0.4, -0.2) is 4.98 Å². The Balaban J connectivity index is 1.88. The van der Waals surface area contributed by atoms with Crippen LogP contribution in [0, 0.1) is 6.92 Å². The normalized spacial score (nSPS) is 11.1. The zero-order valence-corrected chi connectivity index (χ0v) is 11.8. The highest BCUT2D eigenvalue weighted by molar-refractivity contribution is 5.71. The van der Waals surface area contributed by atoms with Crippen LogP contribution >= 0.6 is 0 Å². The smallest absolute Gasteiger partial charge is 0.226 e. The minimum Gasteiger partial charge on any atom is -0.441 e. The minimum absolute atomic E-state index is 0.639. The van der Waals surface area contributed by atoms with E-state index < -0.39 is 0 Å². The molecule has 0 aliphatic carbocycles. The Morgan fingerprint density at radius 3 is 2.57 bits per heavy atom. The van der Waals surface area contributed by atoms with Crippen molar-refractivity contribution in [2.75, 3.05) is 5.73 Å². The van der Waals surface area contributed by atoms with Crippen LogP contribution in [0.3, 0.4) is 0 Å². The number of nitrogens with two attached hydrogens (primary N) is 1. The van der Waals surface area contributed by atoms with Gasteiger partial charge in [0, 0.05) is 11.3 Å². The predicted molar refractivity (Wildman–Crippen MR) is 86.5 cm³/mol. The molecule has 0 unspecified atom stereocenters. The van der Waals surface area contributed by atoms with Crippen LogP contribution < -0.4 is 5.73 Å². The number of nitrogens with zero attached hydrogens (tertiary/aromatic N) is 1. The first-order chi connectivity index (χ1) is 10.2. The Morgan fingerprint density at radius 1 is 1.00 bits per heavy atom. The highest BCUT2D eigenvalue weighted by Gasteiger charge is 2.08. The number of nitrogen functional groups attached to an aromatic ring is 1. The molecule has 3 nitrogen and oxygen atoms in total.